The molecule has 1 aliphatic heterocycles. The second-order valence-electron chi connectivity index (χ2n) is 5.79. The van der Waals surface area contributed by atoms with Crippen molar-refractivity contribution >= 4 is 28.9 Å². The quantitative estimate of drug-likeness (QED) is 0.905. The van der Waals surface area contributed by atoms with Crippen molar-refractivity contribution in [2.45, 2.75) is 19.3 Å². The Morgan fingerprint density at radius 3 is 2.67 bits per heavy atom. The van der Waals surface area contributed by atoms with Crippen molar-refractivity contribution < 1.29 is 9.53 Å². The molecule has 1 aromatic carbocycles. The predicted molar refractivity (Wildman–Crippen MR) is 95.3 cm³/mol. The molecule has 6 heteroatoms. The molecular formula is C18H20ClN3O2. The molecule has 2 aromatic rings. The molecular weight excluding hydrogens is 326 g/mol. The summed E-state index contributed by atoms with van der Waals surface area (Å²) in [6.07, 6.45) is 6.64. The van der Waals surface area contributed by atoms with Crippen LogP contribution in [0.1, 0.15) is 29.6 Å². The molecule has 1 N–H and O–H groups in total. The lowest BCUT2D eigenvalue weighted by molar-refractivity contribution is 0.0724. The molecule has 3 rings (SSSR count). The van der Waals surface area contributed by atoms with E-state index in [4.69, 9.17) is 16.3 Å². The molecule has 1 aliphatic rings. The van der Waals surface area contributed by atoms with Crippen LogP contribution in [-0.4, -0.2) is 36.0 Å². The van der Waals surface area contributed by atoms with Crippen molar-refractivity contribution in [2.24, 2.45) is 0 Å². The van der Waals surface area contributed by atoms with Crippen molar-refractivity contribution in [1.29, 1.82) is 0 Å². The number of aromatic nitrogens is 1. The van der Waals surface area contributed by atoms with Crippen molar-refractivity contribution in [1.82, 2.24) is 9.88 Å². The number of nitrogens with zero attached hydrogens (tertiary/aromatic N) is 2. The second-order valence-corrected chi connectivity index (χ2v) is 6.20. The Morgan fingerprint density at radius 2 is 1.96 bits per heavy atom. The number of ether oxygens (including phenoxy) is 1. The van der Waals surface area contributed by atoms with Crippen molar-refractivity contribution in [2.75, 3.05) is 25.5 Å². The largest absolute Gasteiger partial charge is 0.495 e. The van der Waals surface area contributed by atoms with Crippen molar-refractivity contribution in [3.63, 3.8) is 0 Å². The van der Waals surface area contributed by atoms with Crippen LogP contribution in [0.5, 0.6) is 5.75 Å². The van der Waals surface area contributed by atoms with E-state index in [9.17, 15) is 4.79 Å². The maximum atomic E-state index is 12.6. The maximum absolute atomic E-state index is 12.6. The summed E-state index contributed by atoms with van der Waals surface area (Å²) in [7, 11) is 1.58. The number of carbonyl (C=O) groups is 1. The Bertz CT molecular complexity index is 730. The minimum Gasteiger partial charge on any atom is -0.495 e. The summed E-state index contributed by atoms with van der Waals surface area (Å²) in [6, 6.07) is 7.26. The van der Waals surface area contributed by atoms with Gasteiger partial charge in [0.05, 0.1) is 29.6 Å². The lowest BCUT2D eigenvalue weighted by atomic mass is 10.1. The fourth-order valence-corrected chi connectivity index (χ4v) is 3.07. The highest BCUT2D eigenvalue weighted by Crippen LogP contribution is 2.29. The fraction of sp³-hybridized carbons (Fsp3) is 0.333. The smallest absolute Gasteiger partial charge is 0.255 e. The van der Waals surface area contributed by atoms with Gasteiger partial charge < -0.3 is 15.0 Å². The van der Waals surface area contributed by atoms with Gasteiger partial charge >= 0.3 is 0 Å². The number of rotatable bonds is 4. The monoisotopic (exact) mass is 345 g/mol. The number of piperidine rings is 1. The van der Waals surface area contributed by atoms with Gasteiger partial charge in [-0.15, -0.1) is 0 Å². The van der Waals surface area contributed by atoms with Crippen molar-refractivity contribution in [3.05, 3.63) is 47.2 Å². The zero-order valence-corrected chi connectivity index (χ0v) is 14.3. The molecule has 0 bridgehead atoms. The minimum absolute atomic E-state index is 0.0404. The molecule has 0 unspecified atom stereocenters. The van der Waals surface area contributed by atoms with E-state index in [1.807, 2.05) is 17.0 Å². The summed E-state index contributed by atoms with van der Waals surface area (Å²) < 4.78 is 5.15. The van der Waals surface area contributed by atoms with Crippen LogP contribution in [0.2, 0.25) is 5.02 Å². The second kappa shape index (κ2) is 7.53. The fourth-order valence-electron chi connectivity index (χ4n) is 2.82. The Balaban J connectivity index is 1.75. The highest BCUT2D eigenvalue weighted by atomic mass is 35.5. The third-order valence-electron chi connectivity index (χ3n) is 4.07. The molecule has 0 radical (unpaired) electrons. The topological polar surface area (TPSA) is 54.5 Å². The van der Waals surface area contributed by atoms with E-state index in [2.05, 4.69) is 10.3 Å². The van der Waals surface area contributed by atoms with Crippen LogP contribution in [0.3, 0.4) is 0 Å². The van der Waals surface area contributed by atoms with Gasteiger partial charge in [0.15, 0.2) is 0 Å². The van der Waals surface area contributed by atoms with Gasteiger partial charge in [-0.25, -0.2) is 0 Å². The lowest BCUT2D eigenvalue weighted by Crippen LogP contribution is -2.35. The Labute approximate surface area is 146 Å². The summed E-state index contributed by atoms with van der Waals surface area (Å²) in [6.45, 7) is 1.65. The van der Waals surface area contributed by atoms with Crippen LogP contribution in [0, 0.1) is 0 Å². The Kier molecular flexibility index (Phi) is 5.20. The summed E-state index contributed by atoms with van der Waals surface area (Å²) >= 11 is 6.14. The highest BCUT2D eigenvalue weighted by Gasteiger charge is 2.18. The molecule has 1 saturated heterocycles. The number of amides is 1. The van der Waals surface area contributed by atoms with E-state index in [0.29, 0.717) is 16.3 Å². The third kappa shape index (κ3) is 3.79. The average Bonchev–Trinajstić information content (AvgIpc) is 2.62. The molecule has 2 heterocycles. The minimum atomic E-state index is 0.0404. The van der Waals surface area contributed by atoms with E-state index in [1.54, 1.807) is 31.6 Å². The summed E-state index contributed by atoms with van der Waals surface area (Å²) in [5.41, 5.74) is 2.16. The van der Waals surface area contributed by atoms with Crippen LogP contribution in [-0.2, 0) is 0 Å². The van der Waals surface area contributed by atoms with Gasteiger partial charge in [-0.1, -0.05) is 11.6 Å². The predicted octanol–water partition coefficient (Wildman–Crippen LogP) is 4.11. The number of halogens is 1. The summed E-state index contributed by atoms with van der Waals surface area (Å²) in [5, 5.41) is 3.75. The number of nitrogens with one attached hydrogen (secondary N) is 1. The van der Waals surface area contributed by atoms with E-state index >= 15 is 0 Å². The zero-order valence-electron chi connectivity index (χ0n) is 13.6. The summed E-state index contributed by atoms with van der Waals surface area (Å²) in [5.74, 6) is 0.660. The first-order valence-electron chi connectivity index (χ1n) is 8.02. The Hall–Kier alpha value is -2.27. The van der Waals surface area contributed by atoms with Gasteiger partial charge in [-0.05, 0) is 43.5 Å². The number of likely N-dealkylation sites (tertiary alicyclic amines) is 1. The van der Waals surface area contributed by atoms with E-state index in [-0.39, 0.29) is 5.91 Å². The number of hydrogen-bond donors (Lipinski definition) is 1. The van der Waals surface area contributed by atoms with Crippen molar-refractivity contribution in [3.8, 4) is 5.75 Å². The number of hydrogen-bond acceptors (Lipinski definition) is 4. The van der Waals surface area contributed by atoms with E-state index in [1.165, 1.54) is 6.42 Å². The third-order valence-corrected chi connectivity index (χ3v) is 4.36. The van der Waals surface area contributed by atoms with E-state index in [0.717, 1.165) is 37.3 Å². The zero-order chi connectivity index (χ0) is 16.9. The number of pyridine rings is 1. The first-order chi connectivity index (χ1) is 11.7. The number of carbonyl (C=O) groups excluding carboxylic acids is 1. The molecule has 0 atom stereocenters. The normalized spacial score (nSPS) is 14.3. The van der Waals surface area contributed by atoms with Crippen LogP contribution in [0.25, 0.3) is 0 Å². The molecule has 1 aromatic heterocycles. The Morgan fingerprint density at radius 1 is 1.17 bits per heavy atom. The SMILES string of the molecule is COc1ccc(Nc2cncc(C(=O)N3CCCCC3)c2)cc1Cl. The van der Waals surface area contributed by atoms with Gasteiger partial charge in [0, 0.05) is 25.0 Å². The van der Waals surface area contributed by atoms with Crippen LogP contribution in [0.15, 0.2) is 36.7 Å². The number of methoxy groups -OCH3 is 1. The molecule has 1 amide bonds. The van der Waals surface area contributed by atoms with E-state index < -0.39 is 0 Å². The lowest BCUT2D eigenvalue weighted by Gasteiger charge is -2.26. The van der Waals surface area contributed by atoms with Gasteiger partial charge in [-0.2, -0.15) is 0 Å². The first kappa shape index (κ1) is 16.6. The van der Waals surface area contributed by atoms with Crippen LogP contribution < -0.4 is 10.1 Å². The van der Waals surface area contributed by atoms with Crippen LogP contribution >= 0.6 is 11.6 Å². The standard InChI is InChI=1S/C18H20ClN3O2/c1-24-17-6-5-14(10-16(17)19)21-15-9-13(11-20-12-15)18(23)22-7-3-2-4-8-22/h5-6,9-12,21H,2-4,7-8H2,1H3. The van der Waals surface area contributed by atoms with Gasteiger partial charge in [0.1, 0.15) is 5.75 Å². The van der Waals surface area contributed by atoms with Gasteiger partial charge in [0.25, 0.3) is 5.91 Å². The first-order valence-corrected chi connectivity index (χ1v) is 8.40. The van der Waals surface area contributed by atoms with Gasteiger partial charge in [-0.3, -0.25) is 9.78 Å². The number of anilines is 2. The maximum Gasteiger partial charge on any atom is 0.255 e. The molecule has 0 spiro atoms. The average molecular weight is 346 g/mol. The van der Waals surface area contributed by atoms with Gasteiger partial charge in [0.2, 0.25) is 0 Å². The molecule has 24 heavy (non-hydrogen) atoms. The molecule has 0 saturated carbocycles. The molecule has 0 aliphatic carbocycles. The molecule has 126 valence electrons. The number of benzene rings is 1. The molecule has 5 nitrogen and oxygen atoms in total. The van der Waals surface area contributed by atoms with Crippen LogP contribution in [0.4, 0.5) is 11.4 Å². The highest BCUT2D eigenvalue weighted by molar-refractivity contribution is 6.32. The molecule has 1 fully saturated rings. The summed E-state index contributed by atoms with van der Waals surface area (Å²) in [4.78, 5) is 18.6.